The monoisotopic (exact) mass is 280 g/mol. The average Bonchev–Trinajstić information content (AvgIpc) is 2.35. The van der Waals surface area contributed by atoms with E-state index in [9.17, 15) is 8.42 Å². The topological polar surface area (TPSA) is 58.6 Å². The van der Waals surface area contributed by atoms with Crippen molar-refractivity contribution in [3.05, 3.63) is 0 Å². The van der Waals surface area contributed by atoms with E-state index in [1.54, 1.807) is 18.3 Å². The van der Waals surface area contributed by atoms with E-state index in [1.165, 1.54) is 0 Å². The molecule has 0 fully saturated rings. The first-order valence-corrected chi connectivity index (χ1v) is 8.12. The summed E-state index contributed by atoms with van der Waals surface area (Å²) in [5, 5.41) is 2.67. The molecule has 0 aromatic rings. The average molecular weight is 280 g/mol. The van der Waals surface area contributed by atoms with E-state index in [4.69, 9.17) is 4.74 Å². The Kier molecular flexibility index (Phi) is 8.77. The Morgan fingerprint density at radius 3 is 2.33 bits per heavy atom. The Hall–Kier alpha value is -0.170. The molecule has 0 saturated heterocycles. The molecule has 0 aromatic heterocycles. The van der Waals surface area contributed by atoms with Gasteiger partial charge in [-0.1, -0.05) is 13.8 Å². The van der Waals surface area contributed by atoms with Crippen molar-refractivity contribution < 1.29 is 13.2 Å². The molecule has 1 N–H and O–H groups in total. The SMILES string of the molecule is CCNCC(C)S(=O)(=O)N(CCOC)C(C)CC. The van der Waals surface area contributed by atoms with Gasteiger partial charge >= 0.3 is 0 Å². The van der Waals surface area contributed by atoms with Crippen LogP contribution in [0.2, 0.25) is 0 Å². The second-order valence-corrected chi connectivity index (χ2v) is 6.83. The molecule has 110 valence electrons. The zero-order chi connectivity index (χ0) is 14.2. The Morgan fingerprint density at radius 2 is 1.89 bits per heavy atom. The smallest absolute Gasteiger partial charge is 0.218 e. The first-order chi connectivity index (χ1) is 8.41. The van der Waals surface area contributed by atoms with Crippen molar-refractivity contribution in [2.45, 2.75) is 45.4 Å². The van der Waals surface area contributed by atoms with Crippen LogP contribution in [0.15, 0.2) is 0 Å². The Labute approximate surface area is 112 Å². The molecular weight excluding hydrogens is 252 g/mol. The van der Waals surface area contributed by atoms with Crippen LogP contribution in [0.25, 0.3) is 0 Å². The van der Waals surface area contributed by atoms with Crippen LogP contribution in [0.1, 0.15) is 34.1 Å². The van der Waals surface area contributed by atoms with Crippen molar-refractivity contribution in [2.75, 3.05) is 33.4 Å². The van der Waals surface area contributed by atoms with Crippen LogP contribution < -0.4 is 5.32 Å². The van der Waals surface area contributed by atoms with E-state index in [-0.39, 0.29) is 6.04 Å². The Bertz CT molecular complexity index is 306. The normalized spacial score (nSPS) is 15.9. The van der Waals surface area contributed by atoms with Gasteiger partial charge in [-0.3, -0.25) is 0 Å². The Morgan fingerprint density at radius 1 is 1.28 bits per heavy atom. The lowest BCUT2D eigenvalue weighted by Crippen LogP contribution is -2.47. The number of sulfonamides is 1. The molecule has 0 aliphatic carbocycles. The van der Waals surface area contributed by atoms with Crippen molar-refractivity contribution in [2.24, 2.45) is 0 Å². The van der Waals surface area contributed by atoms with E-state index < -0.39 is 15.3 Å². The largest absolute Gasteiger partial charge is 0.383 e. The van der Waals surface area contributed by atoms with Gasteiger partial charge in [-0.2, -0.15) is 4.31 Å². The predicted molar refractivity (Wildman–Crippen MR) is 75.3 cm³/mol. The standard InChI is InChI=1S/C12H28N2O3S/c1-6-11(3)14(8-9-17-5)18(15,16)12(4)10-13-7-2/h11-13H,6-10H2,1-5H3. The lowest BCUT2D eigenvalue weighted by Gasteiger charge is -2.30. The number of rotatable bonds is 10. The molecule has 0 amide bonds. The van der Waals surface area contributed by atoms with Gasteiger partial charge in [-0.05, 0) is 26.8 Å². The fourth-order valence-corrected chi connectivity index (χ4v) is 3.44. The summed E-state index contributed by atoms with van der Waals surface area (Å²) < 4.78 is 31.5. The molecule has 18 heavy (non-hydrogen) atoms. The first-order valence-electron chi connectivity index (χ1n) is 6.62. The molecule has 6 heteroatoms. The van der Waals surface area contributed by atoms with E-state index in [2.05, 4.69) is 5.32 Å². The van der Waals surface area contributed by atoms with Crippen molar-refractivity contribution in [3.63, 3.8) is 0 Å². The fourth-order valence-electron chi connectivity index (χ4n) is 1.67. The second-order valence-electron chi connectivity index (χ2n) is 4.52. The van der Waals surface area contributed by atoms with Gasteiger partial charge in [0.1, 0.15) is 0 Å². The number of hydrogen-bond donors (Lipinski definition) is 1. The number of hydrogen-bond acceptors (Lipinski definition) is 4. The van der Waals surface area contributed by atoms with E-state index in [1.807, 2.05) is 20.8 Å². The summed E-state index contributed by atoms with van der Waals surface area (Å²) in [5.41, 5.74) is 0. The maximum Gasteiger partial charge on any atom is 0.218 e. The molecule has 0 rings (SSSR count). The van der Waals surface area contributed by atoms with Crippen molar-refractivity contribution in [1.82, 2.24) is 9.62 Å². The van der Waals surface area contributed by atoms with Gasteiger partial charge < -0.3 is 10.1 Å². The molecule has 2 atom stereocenters. The van der Waals surface area contributed by atoms with Gasteiger partial charge in [0.2, 0.25) is 10.0 Å². The van der Waals surface area contributed by atoms with Crippen molar-refractivity contribution >= 4 is 10.0 Å². The predicted octanol–water partition coefficient (Wildman–Crippen LogP) is 1.06. The second kappa shape index (κ2) is 8.85. The van der Waals surface area contributed by atoms with Crippen molar-refractivity contribution in [3.8, 4) is 0 Å². The highest BCUT2D eigenvalue weighted by atomic mass is 32.2. The summed E-state index contributed by atoms with van der Waals surface area (Å²) >= 11 is 0. The molecule has 0 aliphatic heterocycles. The van der Waals surface area contributed by atoms with E-state index in [0.717, 1.165) is 13.0 Å². The molecule has 0 aliphatic rings. The fraction of sp³-hybridized carbons (Fsp3) is 1.00. The van der Waals surface area contributed by atoms with E-state index >= 15 is 0 Å². The van der Waals surface area contributed by atoms with Gasteiger partial charge in [0.05, 0.1) is 11.9 Å². The van der Waals surface area contributed by atoms with Gasteiger partial charge in [-0.25, -0.2) is 8.42 Å². The number of methoxy groups -OCH3 is 1. The van der Waals surface area contributed by atoms with Crippen LogP contribution in [0.5, 0.6) is 0 Å². The van der Waals surface area contributed by atoms with E-state index in [0.29, 0.717) is 19.7 Å². The van der Waals surface area contributed by atoms with Crippen LogP contribution >= 0.6 is 0 Å². The summed E-state index contributed by atoms with van der Waals surface area (Å²) in [5.74, 6) is 0. The lowest BCUT2D eigenvalue weighted by atomic mass is 10.3. The zero-order valence-electron chi connectivity index (χ0n) is 12.3. The highest BCUT2D eigenvalue weighted by molar-refractivity contribution is 7.89. The number of nitrogens with one attached hydrogen (secondary N) is 1. The summed E-state index contributed by atoms with van der Waals surface area (Å²) in [6, 6.07) is 0.00854. The minimum atomic E-state index is -3.27. The molecule has 0 spiro atoms. The molecule has 0 aromatic carbocycles. The van der Waals surface area contributed by atoms with Crippen LogP contribution in [0.3, 0.4) is 0 Å². The Balaban J connectivity index is 4.83. The maximum absolute atomic E-state index is 12.5. The van der Waals surface area contributed by atoms with Crippen LogP contribution in [-0.4, -0.2) is 57.4 Å². The van der Waals surface area contributed by atoms with Gasteiger partial charge in [-0.15, -0.1) is 0 Å². The third kappa shape index (κ3) is 5.22. The maximum atomic E-state index is 12.5. The molecule has 0 bridgehead atoms. The van der Waals surface area contributed by atoms with Crippen LogP contribution in [-0.2, 0) is 14.8 Å². The molecule has 0 saturated carbocycles. The lowest BCUT2D eigenvalue weighted by molar-refractivity contribution is 0.167. The highest BCUT2D eigenvalue weighted by Crippen LogP contribution is 2.14. The van der Waals surface area contributed by atoms with Gasteiger partial charge in [0.25, 0.3) is 0 Å². The molecule has 0 radical (unpaired) electrons. The summed E-state index contributed by atoms with van der Waals surface area (Å²) in [7, 11) is -1.68. The first kappa shape index (κ1) is 17.8. The summed E-state index contributed by atoms with van der Waals surface area (Å²) in [4.78, 5) is 0. The number of nitrogens with zero attached hydrogens (tertiary/aromatic N) is 1. The summed E-state index contributed by atoms with van der Waals surface area (Å²) in [6.45, 7) is 9.76. The van der Waals surface area contributed by atoms with Gasteiger partial charge in [0, 0.05) is 26.2 Å². The number of ether oxygens (including phenoxy) is 1. The molecule has 5 nitrogen and oxygen atoms in total. The quantitative estimate of drug-likeness (QED) is 0.650. The summed E-state index contributed by atoms with van der Waals surface area (Å²) in [6.07, 6.45) is 0.802. The van der Waals surface area contributed by atoms with Gasteiger partial charge in [0.15, 0.2) is 0 Å². The highest BCUT2D eigenvalue weighted by Gasteiger charge is 2.31. The minimum Gasteiger partial charge on any atom is -0.383 e. The molecule has 2 unspecified atom stereocenters. The molecular formula is C12H28N2O3S. The van der Waals surface area contributed by atoms with Crippen LogP contribution in [0, 0.1) is 0 Å². The molecule has 0 heterocycles. The van der Waals surface area contributed by atoms with Crippen LogP contribution in [0.4, 0.5) is 0 Å². The van der Waals surface area contributed by atoms with Crippen molar-refractivity contribution in [1.29, 1.82) is 0 Å². The zero-order valence-corrected chi connectivity index (χ0v) is 13.1. The minimum absolute atomic E-state index is 0.00854. The third-order valence-corrected chi connectivity index (χ3v) is 5.50. The third-order valence-electron chi connectivity index (χ3n) is 3.12.